The number of H-pyrrole nitrogens is 1. The predicted octanol–water partition coefficient (Wildman–Crippen LogP) is 5.31. The molecule has 1 heteroatoms. The fourth-order valence-corrected chi connectivity index (χ4v) is 2.69. The van der Waals surface area contributed by atoms with Gasteiger partial charge in [-0.05, 0) is 43.2 Å². The molecule has 0 saturated carbocycles. The summed E-state index contributed by atoms with van der Waals surface area (Å²) in [6.07, 6.45) is 6.15. The first-order chi connectivity index (χ1) is 9.24. The Morgan fingerprint density at radius 1 is 1.11 bits per heavy atom. The van der Waals surface area contributed by atoms with Gasteiger partial charge in [-0.25, -0.2) is 0 Å². The van der Waals surface area contributed by atoms with Crippen LogP contribution in [0.4, 0.5) is 0 Å². The van der Waals surface area contributed by atoms with Crippen LogP contribution in [0.25, 0.3) is 34.0 Å². The van der Waals surface area contributed by atoms with Crippen LogP contribution in [0.2, 0.25) is 0 Å². The molecule has 0 aliphatic carbocycles. The molecule has 1 N–H and O–H groups in total. The van der Waals surface area contributed by atoms with Crippen LogP contribution in [0.5, 0.6) is 0 Å². The smallest absolute Gasteiger partial charge is 0.0471 e. The third kappa shape index (κ3) is 1.78. The summed E-state index contributed by atoms with van der Waals surface area (Å²) in [5.41, 5.74) is 6.05. The molecule has 0 aliphatic rings. The molecule has 0 fully saturated rings. The zero-order valence-corrected chi connectivity index (χ0v) is 11.3. The van der Waals surface area contributed by atoms with Gasteiger partial charge < -0.3 is 4.98 Å². The van der Waals surface area contributed by atoms with Gasteiger partial charge in [0, 0.05) is 21.8 Å². The summed E-state index contributed by atoms with van der Waals surface area (Å²) >= 11 is 0. The van der Waals surface area contributed by atoms with E-state index in [2.05, 4.69) is 61.0 Å². The van der Waals surface area contributed by atoms with E-state index < -0.39 is 0 Å². The quantitative estimate of drug-likeness (QED) is 0.632. The molecule has 0 amide bonds. The van der Waals surface area contributed by atoms with Crippen molar-refractivity contribution < 1.29 is 0 Å². The minimum Gasteiger partial charge on any atom is -0.354 e. The number of allylic oxidation sites excluding steroid dienone is 1. The lowest BCUT2D eigenvalue weighted by Gasteiger charge is -2.04. The summed E-state index contributed by atoms with van der Waals surface area (Å²) in [4.78, 5) is 3.48. The van der Waals surface area contributed by atoms with Crippen molar-refractivity contribution in [3.63, 3.8) is 0 Å². The molecule has 2 aromatic carbocycles. The molecule has 0 saturated heterocycles. The van der Waals surface area contributed by atoms with Crippen LogP contribution in [-0.4, -0.2) is 4.98 Å². The molecular weight excluding hydrogens is 230 g/mol. The number of hydrogen-bond acceptors (Lipinski definition) is 0. The zero-order valence-electron chi connectivity index (χ0n) is 11.3. The first kappa shape index (κ1) is 11.8. The number of hydrogen-bond donors (Lipinski definition) is 1. The summed E-state index contributed by atoms with van der Waals surface area (Å²) in [5, 5.41) is 2.54. The van der Waals surface area contributed by atoms with Crippen molar-refractivity contribution in [2.75, 3.05) is 0 Å². The first-order valence-corrected chi connectivity index (χ1v) is 6.54. The molecule has 1 aromatic heterocycles. The van der Waals surface area contributed by atoms with Gasteiger partial charge in [0.15, 0.2) is 0 Å². The van der Waals surface area contributed by atoms with Gasteiger partial charge in [-0.15, -0.1) is 0 Å². The van der Waals surface area contributed by atoms with E-state index in [0.29, 0.717) is 0 Å². The Balaban J connectivity index is 2.51. The molecule has 0 aliphatic heterocycles. The van der Waals surface area contributed by atoms with E-state index >= 15 is 0 Å². The lowest BCUT2D eigenvalue weighted by atomic mass is 9.99. The molecule has 3 aromatic rings. The monoisotopic (exact) mass is 247 g/mol. The van der Waals surface area contributed by atoms with Gasteiger partial charge in [0.2, 0.25) is 0 Å². The van der Waals surface area contributed by atoms with Crippen LogP contribution in [0.3, 0.4) is 0 Å². The Bertz CT molecular complexity index is 803. The minimum absolute atomic E-state index is 1.17. The largest absolute Gasteiger partial charge is 0.354 e. The average molecular weight is 247 g/mol. The summed E-state index contributed by atoms with van der Waals surface area (Å²) in [7, 11) is 0. The summed E-state index contributed by atoms with van der Waals surface area (Å²) in [5.74, 6) is 0. The van der Waals surface area contributed by atoms with E-state index in [1.54, 1.807) is 0 Å². The molecule has 0 spiro atoms. The number of fused-ring (bicyclic) bond motifs is 3. The predicted molar refractivity (Wildman–Crippen MR) is 85.3 cm³/mol. The van der Waals surface area contributed by atoms with Gasteiger partial charge in [0.25, 0.3) is 0 Å². The van der Waals surface area contributed by atoms with Gasteiger partial charge in [-0.1, -0.05) is 42.5 Å². The Morgan fingerprint density at radius 3 is 2.63 bits per heavy atom. The second-order valence-corrected chi connectivity index (χ2v) is 4.87. The second-order valence-electron chi connectivity index (χ2n) is 4.87. The summed E-state index contributed by atoms with van der Waals surface area (Å²) < 4.78 is 0. The van der Waals surface area contributed by atoms with Gasteiger partial charge in [0.1, 0.15) is 0 Å². The van der Waals surface area contributed by atoms with Crippen molar-refractivity contribution >= 4 is 34.0 Å². The van der Waals surface area contributed by atoms with Crippen LogP contribution in [0.15, 0.2) is 43.0 Å². The van der Waals surface area contributed by atoms with E-state index in [1.807, 2.05) is 13.0 Å². The maximum atomic E-state index is 3.99. The molecule has 1 nitrogen and oxygen atoms in total. The van der Waals surface area contributed by atoms with E-state index in [0.717, 1.165) is 0 Å². The van der Waals surface area contributed by atoms with Gasteiger partial charge in [-0.2, -0.15) is 0 Å². The van der Waals surface area contributed by atoms with Gasteiger partial charge in [0.05, 0.1) is 0 Å². The normalized spacial score (nSPS) is 11.7. The molecule has 0 atom stereocenters. The lowest BCUT2D eigenvalue weighted by Crippen LogP contribution is -1.82. The number of rotatable bonds is 2. The molecule has 1 heterocycles. The topological polar surface area (TPSA) is 15.8 Å². The third-order valence-electron chi connectivity index (χ3n) is 3.54. The maximum Gasteiger partial charge on any atom is 0.0471 e. The third-order valence-corrected chi connectivity index (χ3v) is 3.54. The van der Waals surface area contributed by atoms with Crippen molar-refractivity contribution in [1.82, 2.24) is 4.98 Å². The summed E-state index contributed by atoms with van der Waals surface area (Å²) in [6, 6.07) is 10.8. The van der Waals surface area contributed by atoms with E-state index in [4.69, 9.17) is 0 Å². The number of aromatic amines is 1. The Hall–Kier alpha value is -2.28. The highest BCUT2D eigenvalue weighted by Gasteiger charge is 2.09. The highest BCUT2D eigenvalue weighted by molar-refractivity contribution is 6.12. The van der Waals surface area contributed by atoms with E-state index in [-0.39, 0.29) is 0 Å². The fraction of sp³-hybridized carbons (Fsp3) is 0.111. The molecule has 19 heavy (non-hydrogen) atoms. The van der Waals surface area contributed by atoms with Crippen molar-refractivity contribution in [2.45, 2.75) is 13.8 Å². The van der Waals surface area contributed by atoms with Crippen LogP contribution >= 0.6 is 0 Å². The lowest BCUT2D eigenvalue weighted by molar-refractivity contribution is 1.48. The highest BCUT2D eigenvalue weighted by Crippen LogP contribution is 2.32. The van der Waals surface area contributed by atoms with Crippen LogP contribution in [-0.2, 0) is 0 Å². The standard InChI is InChI=1S/C18H17N/c1-4-6-13-8-10-17-18(14(13)5-2)15-11-12(3)7-9-16(15)19-17/h4-11,19H,2H2,1,3H3/b6-4-. The fourth-order valence-electron chi connectivity index (χ4n) is 2.69. The van der Waals surface area contributed by atoms with Crippen LogP contribution in [0.1, 0.15) is 23.6 Å². The zero-order chi connectivity index (χ0) is 13.4. The van der Waals surface area contributed by atoms with E-state index in [1.165, 1.54) is 38.5 Å². The Kier molecular flexibility index (Phi) is 2.75. The second kappa shape index (κ2) is 4.43. The van der Waals surface area contributed by atoms with Crippen molar-refractivity contribution in [3.05, 3.63) is 59.7 Å². The molecule has 0 radical (unpaired) electrons. The maximum absolute atomic E-state index is 3.99. The molecule has 3 rings (SSSR count). The van der Waals surface area contributed by atoms with Crippen molar-refractivity contribution in [1.29, 1.82) is 0 Å². The number of aromatic nitrogens is 1. The average Bonchev–Trinajstić information content (AvgIpc) is 2.77. The van der Waals surface area contributed by atoms with Gasteiger partial charge >= 0.3 is 0 Å². The number of aryl methyl sites for hydroxylation is 1. The highest BCUT2D eigenvalue weighted by atomic mass is 14.7. The molecule has 94 valence electrons. The van der Waals surface area contributed by atoms with Crippen LogP contribution < -0.4 is 0 Å². The number of nitrogens with one attached hydrogen (secondary N) is 1. The first-order valence-electron chi connectivity index (χ1n) is 6.54. The summed E-state index contributed by atoms with van der Waals surface area (Å²) in [6.45, 7) is 8.15. The van der Waals surface area contributed by atoms with Gasteiger partial charge in [-0.3, -0.25) is 0 Å². The Morgan fingerprint density at radius 2 is 1.89 bits per heavy atom. The van der Waals surface area contributed by atoms with Crippen LogP contribution in [0, 0.1) is 6.92 Å². The van der Waals surface area contributed by atoms with Crippen molar-refractivity contribution in [3.8, 4) is 0 Å². The van der Waals surface area contributed by atoms with Crippen molar-refractivity contribution in [2.24, 2.45) is 0 Å². The molecular formula is C18H17N. The Labute approximate surface area is 113 Å². The number of benzene rings is 2. The minimum atomic E-state index is 1.17. The SMILES string of the molecule is C=Cc1c(/C=C\C)ccc2[nH]c3ccc(C)cc3c12. The molecule has 0 bridgehead atoms. The molecule has 0 unspecified atom stereocenters. The van der Waals surface area contributed by atoms with E-state index in [9.17, 15) is 0 Å².